The van der Waals surface area contributed by atoms with Crippen molar-refractivity contribution in [1.82, 2.24) is 14.8 Å². The summed E-state index contributed by atoms with van der Waals surface area (Å²) in [6, 6.07) is 2.85. The van der Waals surface area contributed by atoms with Crippen LogP contribution < -0.4 is 0 Å². The summed E-state index contributed by atoms with van der Waals surface area (Å²) in [5, 5.41) is 18.2. The van der Waals surface area contributed by atoms with Crippen molar-refractivity contribution in [3.05, 3.63) is 29.1 Å². The number of hydrogen-bond acceptors (Lipinski definition) is 5. The van der Waals surface area contributed by atoms with Gasteiger partial charge in [-0.05, 0) is 46.0 Å². The minimum Gasteiger partial charge on any atom is -0.478 e. The lowest BCUT2D eigenvalue weighted by Crippen LogP contribution is -2.36. The average Bonchev–Trinajstić information content (AvgIpc) is 2.54. The van der Waals surface area contributed by atoms with Crippen molar-refractivity contribution in [1.29, 1.82) is 0 Å². The van der Waals surface area contributed by atoms with Crippen LogP contribution in [0.2, 0.25) is 0 Å². The predicted octanol–water partition coefficient (Wildman–Crippen LogP) is 1.00. The highest BCUT2D eigenvalue weighted by Crippen LogP contribution is 2.10. The van der Waals surface area contributed by atoms with Gasteiger partial charge in [-0.15, -0.1) is 0 Å². The Labute approximate surface area is 142 Å². The van der Waals surface area contributed by atoms with E-state index in [1.54, 1.807) is 0 Å². The third kappa shape index (κ3) is 6.64. The van der Waals surface area contributed by atoms with Crippen LogP contribution in [-0.2, 0) is 17.8 Å². The van der Waals surface area contributed by atoms with Gasteiger partial charge in [-0.2, -0.15) is 0 Å². The number of aromatic carboxylic acids is 1. The van der Waals surface area contributed by atoms with Crippen molar-refractivity contribution in [2.24, 2.45) is 0 Å². The molecule has 0 aromatic carbocycles. The Kier molecular flexibility index (Phi) is 8.35. The number of aliphatic hydroxyl groups is 1. The highest BCUT2D eigenvalue weighted by Gasteiger charge is 2.13. The number of amides is 1. The summed E-state index contributed by atoms with van der Waals surface area (Å²) < 4.78 is 0. The van der Waals surface area contributed by atoms with Crippen molar-refractivity contribution >= 4 is 11.9 Å². The first-order valence-electron chi connectivity index (χ1n) is 8.13. The summed E-state index contributed by atoms with van der Waals surface area (Å²) >= 11 is 0. The Morgan fingerprint density at radius 2 is 1.83 bits per heavy atom. The van der Waals surface area contributed by atoms with Crippen LogP contribution in [0.5, 0.6) is 0 Å². The van der Waals surface area contributed by atoms with Gasteiger partial charge in [0.2, 0.25) is 5.91 Å². The van der Waals surface area contributed by atoms with Crippen molar-refractivity contribution < 1.29 is 19.8 Å². The number of carboxylic acids is 1. The normalized spacial score (nSPS) is 10.9. The van der Waals surface area contributed by atoms with Gasteiger partial charge < -0.3 is 20.0 Å². The van der Waals surface area contributed by atoms with E-state index in [1.165, 1.54) is 12.1 Å². The molecule has 24 heavy (non-hydrogen) atoms. The number of pyridine rings is 1. The molecule has 134 valence electrons. The Bertz CT molecular complexity index is 561. The van der Waals surface area contributed by atoms with E-state index < -0.39 is 5.97 Å². The number of aryl methyl sites for hydroxylation is 1. The van der Waals surface area contributed by atoms with Crippen LogP contribution in [-0.4, -0.2) is 70.6 Å². The number of carbonyl (C=O) groups excluding carboxylic acids is 1. The van der Waals surface area contributed by atoms with Crippen molar-refractivity contribution in [3.63, 3.8) is 0 Å². The minimum atomic E-state index is -1.05. The molecule has 1 aromatic rings. The molecule has 7 nitrogen and oxygen atoms in total. The minimum absolute atomic E-state index is 0.0936. The zero-order valence-corrected chi connectivity index (χ0v) is 14.7. The van der Waals surface area contributed by atoms with Crippen molar-refractivity contribution in [2.75, 3.05) is 33.7 Å². The summed E-state index contributed by atoms with van der Waals surface area (Å²) in [5.41, 5.74) is 1.03. The Hall–Kier alpha value is -1.99. The highest BCUT2D eigenvalue weighted by molar-refractivity contribution is 5.87. The van der Waals surface area contributed by atoms with E-state index in [4.69, 9.17) is 5.11 Å². The molecule has 0 saturated carbocycles. The first kappa shape index (κ1) is 20.1. The molecule has 0 aliphatic heterocycles. The van der Waals surface area contributed by atoms with E-state index >= 15 is 0 Å². The first-order chi connectivity index (χ1) is 11.4. The molecular weight excluding hydrogens is 310 g/mol. The van der Waals surface area contributed by atoms with Gasteiger partial charge in [-0.25, -0.2) is 4.79 Å². The summed E-state index contributed by atoms with van der Waals surface area (Å²) in [4.78, 5) is 31.4. The molecule has 2 N–H and O–H groups in total. The molecule has 1 amide bonds. The summed E-state index contributed by atoms with van der Waals surface area (Å²) in [6.07, 6.45) is 1.50. The van der Waals surface area contributed by atoms with Crippen LogP contribution >= 0.6 is 0 Å². The summed E-state index contributed by atoms with van der Waals surface area (Å²) in [6.45, 7) is 3.85. The van der Waals surface area contributed by atoms with Crippen LogP contribution in [0.4, 0.5) is 0 Å². The second-order valence-electron chi connectivity index (χ2n) is 5.93. The van der Waals surface area contributed by atoms with E-state index in [9.17, 15) is 14.7 Å². The monoisotopic (exact) mass is 337 g/mol. The first-order valence-corrected chi connectivity index (χ1v) is 8.13. The Morgan fingerprint density at radius 1 is 1.17 bits per heavy atom. The number of carboxylic acid groups (broad SMARTS) is 1. The fraction of sp³-hybridized carbons (Fsp3) is 0.588. The number of likely N-dealkylation sites (N-methyl/N-ethyl adjacent to an activating group) is 2. The fourth-order valence-corrected chi connectivity index (χ4v) is 2.34. The molecular formula is C17H27N3O4. The van der Waals surface area contributed by atoms with Gasteiger partial charge in [0, 0.05) is 31.7 Å². The maximum absolute atomic E-state index is 12.2. The van der Waals surface area contributed by atoms with Crippen LogP contribution in [0.25, 0.3) is 0 Å². The number of carbonyl (C=O) groups is 2. The van der Waals surface area contributed by atoms with Gasteiger partial charge in [0.25, 0.3) is 0 Å². The maximum Gasteiger partial charge on any atom is 0.335 e. The molecule has 1 heterocycles. The molecule has 7 heteroatoms. The number of aromatic nitrogens is 1. The molecule has 0 saturated heterocycles. The largest absolute Gasteiger partial charge is 0.478 e. The van der Waals surface area contributed by atoms with E-state index in [2.05, 4.69) is 4.98 Å². The summed E-state index contributed by atoms with van der Waals surface area (Å²) in [7, 11) is 3.94. The second-order valence-corrected chi connectivity index (χ2v) is 5.93. The second kappa shape index (κ2) is 10.00. The lowest BCUT2D eigenvalue weighted by atomic mass is 10.1. The van der Waals surface area contributed by atoms with E-state index in [-0.39, 0.29) is 18.1 Å². The fourth-order valence-electron chi connectivity index (χ4n) is 2.34. The molecule has 0 aliphatic rings. The number of nitrogens with zero attached hydrogens (tertiary/aromatic N) is 3. The van der Waals surface area contributed by atoms with Crippen LogP contribution in [0.15, 0.2) is 12.1 Å². The molecule has 0 fully saturated rings. The molecule has 0 unspecified atom stereocenters. The van der Waals surface area contributed by atoms with Gasteiger partial charge in [-0.3, -0.25) is 9.78 Å². The van der Waals surface area contributed by atoms with Crippen LogP contribution in [0.1, 0.15) is 41.5 Å². The molecule has 0 spiro atoms. The third-order valence-electron chi connectivity index (χ3n) is 3.72. The number of rotatable bonds is 10. The lowest BCUT2D eigenvalue weighted by Gasteiger charge is -2.22. The van der Waals surface area contributed by atoms with Crippen LogP contribution in [0.3, 0.4) is 0 Å². The number of hydrogen-bond donors (Lipinski definition) is 2. The highest BCUT2D eigenvalue weighted by atomic mass is 16.4. The van der Waals surface area contributed by atoms with Gasteiger partial charge in [0.1, 0.15) is 0 Å². The molecule has 0 atom stereocenters. The lowest BCUT2D eigenvalue weighted by molar-refractivity contribution is -0.131. The van der Waals surface area contributed by atoms with Crippen molar-refractivity contribution in [2.45, 2.75) is 32.8 Å². The zero-order valence-electron chi connectivity index (χ0n) is 14.7. The van der Waals surface area contributed by atoms with Crippen molar-refractivity contribution in [3.8, 4) is 0 Å². The SMILES string of the molecule is CCN(CCN(C)C)C(=O)CCCc1cc(C(=O)O)cc(CO)n1. The predicted molar refractivity (Wildman–Crippen MR) is 90.9 cm³/mol. The summed E-state index contributed by atoms with van der Waals surface area (Å²) in [5.74, 6) is -0.957. The average molecular weight is 337 g/mol. The van der Waals surface area contributed by atoms with Gasteiger partial charge in [0.15, 0.2) is 0 Å². The zero-order chi connectivity index (χ0) is 18.1. The van der Waals surface area contributed by atoms with E-state index in [0.717, 1.165) is 6.54 Å². The molecule has 0 bridgehead atoms. The standard InChI is InChI=1S/C17H27N3O4/c1-4-20(9-8-19(2)3)16(22)7-5-6-14-10-13(17(23)24)11-15(12-21)18-14/h10-11,21H,4-9,12H2,1-3H3,(H,23,24). The quantitative estimate of drug-likeness (QED) is 0.662. The Morgan fingerprint density at radius 3 is 2.38 bits per heavy atom. The Balaban J connectivity index is 2.58. The molecule has 1 aromatic heterocycles. The van der Waals surface area contributed by atoms with E-state index in [0.29, 0.717) is 43.7 Å². The molecule has 0 aliphatic carbocycles. The smallest absolute Gasteiger partial charge is 0.335 e. The molecule has 0 radical (unpaired) electrons. The molecule has 1 rings (SSSR count). The van der Waals surface area contributed by atoms with Gasteiger partial charge in [-0.1, -0.05) is 0 Å². The third-order valence-corrected chi connectivity index (χ3v) is 3.72. The number of aliphatic hydroxyl groups excluding tert-OH is 1. The van der Waals surface area contributed by atoms with Gasteiger partial charge >= 0.3 is 5.97 Å². The van der Waals surface area contributed by atoms with Gasteiger partial charge in [0.05, 0.1) is 17.9 Å². The topological polar surface area (TPSA) is 94.0 Å². The van der Waals surface area contributed by atoms with Crippen LogP contribution in [0, 0.1) is 0 Å². The maximum atomic E-state index is 12.2. The van der Waals surface area contributed by atoms with E-state index in [1.807, 2.05) is 30.8 Å².